The third-order valence-corrected chi connectivity index (χ3v) is 5.78. The van der Waals surface area contributed by atoms with Crippen LogP contribution >= 0.6 is 23.7 Å². The molecule has 0 bridgehead atoms. The largest absolute Gasteiger partial charge is 0.348 e. The average Bonchev–Trinajstić information content (AvgIpc) is 3.17. The number of rotatable bonds is 3. The van der Waals surface area contributed by atoms with Crippen LogP contribution in [0.2, 0.25) is 0 Å². The van der Waals surface area contributed by atoms with E-state index in [-0.39, 0.29) is 24.4 Å². The molecule has 1 aliphatic rings. The Morgan fingerprint density at radius 1 is 1.33 bits per heavy atom. The van der Waals surface area contributed by atoms with Crippen LogP contribution < -0.4 is 10.6 Å². The van der Waals surface area contributed by atoms with E-state index in [0.29, 0.717) is 22.4 Å². The molecule has 0 aliphatic carbocycles. The van der Waals surface area contributed by atoms with Gasteiger partial charge in [-0.05, 0) is 52.3 Å². The van der Waals surface area contributed by atoms with E-state index >= 15 is 0 Å². The molecule has 0 saturated carbocycles. The van der Waals surface area contributed by atoms with E-state index in [1.165, 1.54) is 9.75 Å². The monoisotopic (exact) mass is 406 g/mol. The third-order valence-electron chi connectivity index (χ3n) is 4.81. The predicted molar refractivity (Wildman–Crippen MR) is 110 cm³/mol. The molecule has 144 valence electrons. The molecule has 4 rings (SSSR count). The van der Waals surface area contributed by atoms with Gasteiger partial charge in [0.15, 0.2) is 0 Å². The van der Waals surface area contributed by atoms with Gasteiger partial charge in [0.25, 0.3) is 11.6 Å². The van der Waals surface area contributed by atoms with Crippen molar-refractivity contribution in [2.75, 3.05) is 13.1 Å². The number of aromatic nitrogens is 2. The smallest absolute Gasteiger partial charge is 0.259 e. The van der Waals surface area contributed by atoms with Crippen LogP contribution in [0.3, 0.4) is 0 Å². The number of hydrogen-bond acceptors (Lipinski definition) is 6. The summed E-state index contributed by atoms with van der Waals surface area (Å²) in [5, 5.41) is 11.2. The van der Waals surface area contributed by atoms with Gasteiger partial charge in [-0.15, -0.1) is 23.7 Å². The SMILES string of the molecule is Cc1cc(-c2cc(C(=O)N[C@H]3CCCNC3)c3c(C)noc3n2)c(C)s1.Cl. The van der Waals surface area contributed by atoms with Crippen molar-refractivity contribution in [2.45, 2.75) is 39.7 Å². The highest BCUT2D eigenvalue weighted by Crippen LogP contribution is 2.32. The summed E-state index contributed by atoms with van der Waals surface area (Å²) in [5.41, 5.74) is 3.47. The molecule has 0 spiro atoms. The Bertz CT molecular complexity index is 976. The fourth-order valence-corrected chi connectivity index (χ4v) is 4.47. The minimum absolute atomic E-state index is 0. The maximum Gasteiger partial charge on any atom is 0.259 e. The number of carbonyl (C=O) groups is 1. The van der Waals surface area contributed by atoms with Crippen LogP contribution in [0.15, 0.2) is 16.7 Å². The molecule has 2 N–H and O–H groups in total. The van der Waals surface area contributed by atoms with Gasteiger partial charge in [-0.25, -0.2) is 4.98 Å². The summed E-state index contributed by atoms with van der Waals surface area (Å²) in [5.74, 6) is -0.0942. The lowest BCUT2D eigenvalue weighted by molar-refractivity contribution is 0.0932. The molecule has 27 heavy (non-hydrogen) atoms. The molecule has 1 atom stereocenters. The van der Waals surface area contributed by atoms with Crippen LogP contribution in [0.4, 0.5) is 0 Å². The van der Waals surface area contributed by atoms with Gasteiger partial charge in [0.05, 0.1) is 22.3 Å². The number of halogens is 1. The Labute approximate surface area is 168 Å². The fourth-order valence-electron chi connectivity index (χ4n) is 3.54. The molecule has 3 aromatic rings. The first-order valence-corrected chi connectivity index (χ1v) is 9.70. The second kappa shape index (κ2) is 7.96. The van der Waals surface area contributed by atoms with Gasteiger partial charge in [0.2, 0.25) is 0 Å². The van der Waals surface area contributed by atoms with E-state index in [0.717, 1.165) is 37.2 Å². The number of thiophene rings is 1. The Hall–Kier alpha value is -1.96. The summed E-state index contributed by atoms with van der Waals surface area (Å²) in [6, 6.07) is 4.12. The Morgan fingerprint density at radius 3 is 2.81 bits per heavy atom. The van der Waals surface area contributed by atoms with Crippen LogP contribution in [0.5, 0.6) is 0 Å². The molecule has 0 radical (unpaired) electrons. The lowest BCUT2D eigenvalue weighted by atomic mass is 10.0. The zero-order valence-electron chi connectivity index (χ0n) is 15.6. The lowest BCUT2D eigenvalue weighted by Crippen LogP contribution is -2.45. The van der Waals surface area contributed by atoms with Crippen molar-refractivity contribution in [3.05, 3.63) is 33.1 Å². The third kappa shape index (κ3) is 3.85. The highest BCUT2D eigenvalue weighted by molar-refractivity contribution is 7.12. The minimum atomic E-state index is -0.0942. The Morgan fingerprint density at radius 2 is 2.15 bits per heavy atom. The number of aryl methyl sites for hydroxylation is 3. The average molecular weight is 407 g/mol. The molecule has 6 nitrogen and oxygen atoms in total. The summed E-state index contributed by atoms with van der Waals surface area (Å²) in [4.78, 5) is 20.0. The van der Waals surface area contributed by atoms with Gasteiger partial charge in [0.1, 0.15) is 0 Å². The van der Waals surface area contributed by atoms with Gasteiger partial charge in [-0.1, -0.05) is 5.16 Å². The molecule has 0 aromatic carbocycles. The van der Waals surface area contributed by atoms with E-state index in [4.69, 9.17) is 4.52 Å². The molecular weight excluding hydrogens is 384 g/mol. The predicted octanol–water partition coefficient (Wildman–Crippen LogP) is 3.78. The summed E-state index contributed by atoms with van der Waals surface area (Å²) < 4.78 is 5.39. The minimum Gasteiger partial charge on any atom is -0.348 e. The standard InChI is InChI=1S/C19H22N4O2S.ClH/c1-10-7-14(12(3)26-10)16-8-15(17-11(2)23-25-19(17)22-16)18(24)21-13-5-4-6-20-9-13;/h7-8,13,20H,4-6,9H2,1-3H3,(H,21,24);1H/t13-;/m0./s1. The van der Waals surface area contributed by atoms with Crippen molar-refractivity contribution in [3.8, 4) is 11.3 Å². The number of fused-ring (bicyclic) bond motifs is 1. The van der Waals surface area contributed by atoms with Crippen molar-refractivity contribution in [3.63, 3.8) is 0 Å². The zero-order chi connectivity index (χ0) is 18.3. The number of carbonyl (C=O) groups excluding carboxylic acids is 1. The van der Waals surface area contributed by atoms with Crippen molar-refractivity contribution in [1.82, 2.24) is 20.8 Å². The van der Waals surface area contributed by atoms with Crippen LogP contribution in [0.25, 0.3) is 22.4 Å². The van der Waals surface area contributed by atoms with Gasteiger partial charge in [-0.3, -0.25) is 4.79 Å². The first kappa shape index (κ1) is 19.8. The van der Waals surface area contributed by atoms with Crippen molar-refractivity contribution in [2.24, 2.45) is 0 Å². The van der Waals surface area contributed by atoms with Crippen LogP contribution in [0, 0.1) is 20.8 Å². The van der Waals surface area contributed by atoms with E-state index < -0.39 is 0 Å². The van der Waals surface area contributed by atoms with E-state index in [1.54, 1.807) is 11.3 Å². The highest BCUT2D eigenvalue weighted by Gasteiger charge is 2.23. The number of piperidine rings is 1. The molecule has 4 heterocycles. The van der Waals surface area contributed by atoms with Crippen LogP contribution in [0.1, 0.15) is 38.6 Å². The van der Waals surface area contributed by atoms with Crippen LogP contribution in [-0.2, 0) is 0 Å². The van der Waals surface area contributed by atoms with Crippen molar-refractivity contribution in [1.29, 1.82) is 0 Å². The van der Waals surface area contributed by atoms with E-state index in [9.17, 15) is 4.79 Å². The molecular formula is C19H23ClN4O2S. The van der Waals surface area contributed by atoms with E-state index in [1.807, 2.05) is 13.0 Å². The van der Waals surface area contributed by atoms with Gasteiger partial charge in [0, 0.05) is 27.9 Å². The number of amides is 1. The summed E-state index contributed by atoms with van der Waals surface area (Å²) in [6.45, 7) is 7.79. The topological polar surface area (TPSA) is 80.0 Å². The van der Waals surface area contributed by atoms with Gasteiger partial charge >= 0.3 is 0 Å². The maximum absolute atomic E-state index is 13.0. The molecule has 8 heteroatoms. The quantitative estimate of drug-likeness (QED) is 0.691. The number of nitrogens with one attached hydrogen (secondary N) is 2. The second-order valence-corrected chi connectivity index (χ2v) is 8.31. The summed E-state index contributed by atoms with van der Waals surface area (Å²) >= 11 is 1.72. The van der Waals surface area contributed by atoms with Crippen molar-refractivity contribution >= 4 is 40.8 Å². The van der Waals surface area contributed by atoms with Gasteiger partial charge < -0.3 is 15.2 Å². The molecule has 0 unspecified atom stereocenters. The first-order chi connectivity index (χ1) is 12.5. The normalized spacial score (nSPS) is 16.9. The first-order valence-electron chi connectivity index (χ1n) is 8.89. The van der Waals surface area contributed by atoms with Crippen LogP contribution in [-0.4, -0.2) is 35.2 Å². The van der Waals surface area contributed by atoms with Crippen molar-refractivity contribution < 1.29 is 9.32 Å². The molecule has 1 saturated heterocycles. The van der Waals surface area contributed by atoms with E-state index in [2.05, 4.69) is 40.7 Å². The molecule has 1 amide bonds. The highest BCUT2D eigenvalue weighted by atomic mass is 35.5. The number of hydrogen-bond donors (Lipinski definition) is 2. The molecule has 1 fully saturated rings. The Balaban J connectivity index is 0.00000210. The zero-order valence-corrected chi connectivity index (χ0v) is 17.2. The Kier molecular flexibility index (Phi) is 5.83. The second-order valence-electron chi connectivity index (χ2n) is 6.85. The summed E-state index contributed by atoms with van der Waals surface area (Å²) in [6.07, 6.45) is 2.06. The molecule has 3 aromatic heterocycles. The number of pyridine rings is 1. The summed E-state index contributed by atoms with van der Waals surface area (Å²) in [7, 11) is 0. The fraction of sp³-hybridized carbons (Fsp3) is 0.421. The lowest BCUT2D eigenvalue weighted by Gasteiger charge is -2.24. The van der Waals surface area contributed by atoms with Gasteiger partial charge in [-0.2, -0.15) is 0 Å². The molecule has 1 aliphatic heterocycles. The maximum atomic E-state index is 13.0. The number of nitrogens with zero attached hydrogens (tertiary/aromatic N) is 2.